The Morgan fingerprint density at radius 2 is 1.84 bits per heavy atom. The van der Waals surface area contributed by atoms with Gasteiger partial charge in [-0.1, -0.05) is 33.1 Å². The van der Waals surface area contributed by atoms with Gasteiger partial charge in [-0.3, -0.25) is 4.90 Å². The van der Waals surface area contributed by atoms with Crippen LogP contribution in [0, 0.1) is 5.92 Å². The summed E-state index contributed by atoms with van der Waals surface area (Å²) in [4.78, 5) is 2.83. The predicted octanol–water partition coefficient (Wildman–Crippen LogP) is 3.81. The Labute approximate surface area is 120 Å². The van der Waals surface area contributed by atoms with Crippen LogP contribution in [0.25, 0.3) is 0 Å². The van der Waals surface area contributed by atoms with Crippen LogP contribution in [0.15, 0.2) is 0 Å². The van der Waals surface area contributed by atoms with Gasteiger partial charge in [0, 0.05) is 18.6 Å². The van der Waals surface area contributed by atoms with Gasteiger partial charge >= 0.3 is 0 Å². The van der Waals surface area contributed by atoms with Crippen molar-refractivity contribution >= 4 is 0 Å². The molecule has 2 rings (SSSR count). The van der Waals surface area contributed by atoms with Crippen molar-refractivity contribution in [3.63, 3.8) is 0 Å². The maximum Gasteiger partial charge on any atom is 0.0195 e. The van der Waals surface area contributed by atoms with Crippen LogP contribution in [-0.4, -0.2) is 36.6 Å². The van der Waals surface area contributed by atoms with E-state index in [9.17, 15) is 0 Å². The topological polar surface area (TPSA) is 15.3 Å². The van der Waals surface area contributed by atoms with Gasteiger partial charge in [-0.15, -0.1) is 0 Å². The van der Waals surface area contributed by atoms with E-state index in [1.54, 1.807) is 0 Å². The van der Waals surface area contributed by atoms with Gasteiger partial charge < -0.3 is 5.32 Å². The molecule has 19 heavy (non-hydrogen) atoms. The van der Waals surface area contributed by atoms with Gasteiger partial charge in [0.05, 0.1) is 0 Å². The number of nitrogens with zero attached hydrogens (tertiary/aromatic N) is 1. The first-order chi connectivity index (χ1) is 9.35. The lowest BCUT2D eigenvalue weighted by atomic mass is 9.95. The van der Waals surface area contributed by atoms with E-state index in [2.05, 4.69) is 24.1 Å². The van der Waals surface area contributed by atoms with Crippen molar-refractivity contribution in [1.29, 1.82) is 0 Å². The molecule has 0 amide bonds. The quantitative estimate of drug-likeness (QED) is 0.718. The lowest BCUT2D eigenvalue weighted by molar-refractivity contribution is 0.169. The Kier molecular flexibility index (Phi) is 6.66. The molecular weight excluding hydrogens is 232 g/mol. The smallest absolute Gasteiger partial charge is 0.0195 e. The van der Waals surface area contributed by atoms with Crippen LogP contribution in [0.2, 0.25) is 0 Å². The SMILES string of the molecule is CCCNC(CCC)CN1CCCC1C1CCCC1. The van der Waals surface area contributed by atoms with Crippen molar-refractivity contribution in [3.8, 4) is 0 Å². The third-order valence-corrected chi connectivity index (χ3v) is 5.13. The summed E-state index contributed by atoms with van der Waals surface area (Å²) in [5, 5.41) is 3.77. The van der Waals surface area contributed by atoms with Gasteiger partial charge in [0.2, 0.25) is 0 Å². The van der Waals surface area contributed by atoms with Gasteiger partial charge in [0.25, 0.3) is 0 Å². The fourth-order valence-electron chi connectivity index (χ4n) is 4.19. The lowest BCUT2D eigenvalue weighted by Gasteiger charge is -2.32. The van der Waals surface area contributed by atoms with E-state index in [0.29, 0.717) is 0 Å². The van der Waals surface area contributed by atoms with E-state index in [-0.39, 0.29) is 0 Å². The molecule has 2 unspecified atom stereocenters. The molecule has 1 aliphatic carbocycles. The number of hydrogen-bond donors (Lipinski definition) is 1. The maximum absolute atomic E-state index is 3.77. The van der Waals surface area contributed by atoms with E-state index in [1.807, 2.05) is 0 Å². The van der Waals surface area contributed by atoms with Gasteiger partial charge in [0.15, 0.2) is 0 Å². The van der Waals surface area contributed by atoms with Crippen molar-refractivity contribution in [2.75, 3.05) is 19.6 Å². The Morgan fingerprint density at radius 1 is 1.05 bits per heavy atom. The van der Waals surface area contributed by atoms with Crippen molar-refractivity contribution < 1.29 is 0 Å². The lowest BCUT2D eigenvalue weighted by Crippen LogP contribution is -2.45. The minimum absolute atomic E-state index is 0.729. The molecule has 0 bridgehead atoms. The molecule has 2 fully saturated rings. The zero-order valence-corrected chi connectivity index (χ0v) is 13.2. The minimum Gasteiger partial charge on any atom is -0.313 e. The Bertz CT molecular complexity index is 235. The molecule has 1 N–H and O–H groups in total. The summed E-state index contributed by atoms with van der Waals surface area (Å²) < 4.78 is 0. The zero-order chi connectivity index (χ0) is 13.5. The molecule has 2 atom stereocenters. The van der Waals surface area contributed by atoms with Crippen molar-refractivity contribution in [2.24, 2.45) is 5.92 Å². The summed E-state index contributed by atoms with van der Waals surface area (Å²) in [7, 11) is 0. The highest BCUT2D eigenvalue weighted by Crippen LogP contribution is 2.35. The van der Waals surface area contributed by atoms with Crippen LogP contribution < -0.4 is 5.32 Å². The first kappa shape index (κ1) is 15.3. The van der Waals surface area contributed by atoms with Crippen LogP contribution >= 0.6 is 0 Å². The van der Waals surface area contributed by atoms with Crippen LogP contribution in [0.3, 0.4) is 0 Å². The second-order valence-corrected chi connectivity index (χ2v) is 6.69. The van der Waals surface area contributed by atoms with Gasteiger partial charge in [-0.2, -0.15) is 0 Å². The molecular formula is C17H34N2. The molecule has 1 saturated carbocycles. The third-order valence-electron chi connectivity index (χ3n) is 5.13. The summed E-state index contributed by atoms with van der Waals surface area (Å²) >= 11 is 0. The molecule has 0 aromatic carbocycles. The Morgan fingerprint density at radius 3 is 2.53 bits per heavy atom. The second kappa shape index (κ2) is 8.26. The molecule has 1 saturated heterocycles. The molecule has 0 aromatic rings. The van der Waals surface area contributed by atoms with Crippen molar-refractivity contribution in [1.82, 2.24) is 10.2 Å². The predicted molar refractivity (Wildman–Crippen MR) is 83.5 cm³/mol. The first-order valence-electron chi connectivity index (χ1n) is 8.82. The molecule has 2 heteroatoms. The average molecular weight is 266 g/mol. The summed E-state index contributed by atoms with van der Waals surface area (Å²) in [6, 6.07) is 1.65. The zero-order valence-electron chi connectivity index (χ0n) is 13.2. The van der Waals surface area contributed by atoms with Gasteiger partial charge in [-0.25, -0.2) is 0 Å². The summed E-state index contributed by atoms with van der Waals surface area (Å²) in [6.45, 7) is 8.43. The van der Waals surface area contributed by atoms with E-state index < -0.39 is 0 Å². The molecule has 2 aliphatic rings. The van der Waals surface area contributed by atoms with Crippen molar-refractivity contribution in [3.05, 3.63) is 0 Å². The highest BCUT2D eigenvalue weighted by atomic mass is 15.2. The van der Waals surface area contributed by atoms with Gasteiger partial charge in [-0.05, 0) is 57.5 Å². The van der Waals surface area contributed by atoms with E-state index in [4.69, 9.17) is 0 Å². The number of likely N-dealkylation sites (tertiary alicyclic amines) is 1. The van der Waals surface area contributed by atoms with Crippen LogP contribution in [0.5, 0.6) is 0 Å². The number of nitrogens with one attached hydrogen (secondary N) is 1. The molecule has 1 aliphatic heterocycles. The van der Waals surface area contributed by atoms with Gasteiger partial charge in [0.1, 0.15) is 0 Å². The molecule has 0 aromatic heterocycles. The van der Waals surface area contributed by atoms with E-state index in [1.165, 1.54) is 77.4 Å². The Hall–Kier alpha value is -0.0800. The number of rotatable bonds is 8. The maximum atomic E-state index is 3.77. The first-order valence-corrected chi connectivity index (χ1v) is 8.82. The monoisotopic (exact) mass is 266 g/mol. The van der Waals surface area contributed by atoms with Crippen LogP contribution in [-0.2, 0) is 0 Å². The summed E-state index contributed by atoms with van der Waals surface area (Å²) in [6.07, 6.45) is 12.8. The standard InChI is InChI=1S/C17H34N2/c1-3-8-16(18-12-4-2)14-19-13-7-11-17(19)15-9-5-6-10-15/h15-18H,3-14H2,1-2H3. The average Bonchev–Trinajstić information content (AvgIpc) is 3.06. The summed E-state index contributed by atoms with van der Waals surface area (Å²) in [5.74, 6) is 1.02. The van der Waals surface area contributed by atoms with Crippen molar-refractivity contribution in [2.45, 2.75) is 83.7 Å². The molecule has 1 heterocycles. The summed E-state index contributed by atoms with van der Waals surface area (Å²) in [5.41, 5.74) is 0. The Balaban J connectivity index is 1.83. The largest absolute Gasteiger partial charge is 0.313 e. The highest BCUT2D eigenvalue weighted by molar-refractivity contribution is 4.89. The van der Waals surface area contributed by atoms with E-state index in [0.717, 1.165) is 18.0 Å². The fraction of sp³-hybridized carbons (Fsp3) is 1.00. The fourth-order valence-corrected chi connectivity index (χ4v) is 4.19. The van der Waals surface area contributed by atoms with Crippen LogP contribution in [0.4, 0.5) is 0 Å². The normalized spacial score (nSPS) is 27.2. The third kappa shape index (κ3) is 4.46. The molecule has 0 radical (unpaired) electrons. The van der Waals surface area contributed by atoms with Crippen LogP contribution in [0.1, 0.15) is 71.6 Å². The molecule has 2 nitrogen and oxygen atoms in total. The highest BCUT2D eigenvalue weighted by Gasteiger charge is 2.33. The second-order valence-electron chi connectivity index (χ2n) is 6.69. The van der Waals surface area contributed by atoms with E-state index >= 15 is 0 Å². The minimum atomic E-state index is 0.729. The molecule has 112 valence electrons. The number of hydrogen-bond acceptors (Lipinski definition) is 2. The molecule has 0 spiro atoms.